The molecule has 0 aliphatic heterocycles. The molecule has 0 aliphatic rings. The normalized spacial score (nSPS) is 10.4. The molecule has 0 saturated heterocycles. The van der Waals surface area contributed by atoms with E-state index in [0.717, 1.165) is 0 Å². The molecule has 0 heterocycles. The number of nitrogens with two attached hydrogens (primary N) is 1. The maximum atomic E-state index is 10.7. The minimum Gasteiger partial charge on any atom is -0.463 e. The van der Waals surface area contributed by atoms with Gasteiger partial charge in [0.25, 0.3) is 0 Å². The number of aliphatic hydroxyl groups is 1. The Hall–Kier alpha value is -1.30. The third kappa shape index (κ3) is 20.2. The molecular formula is C12H25NO5. The van der Waals surface area contributed by atoms with Crippen molar-refractivity contribution in [1.82, 2.24) is 0 Å². The Bertz CT molecular complexity index is 245. The van der Waals surface area contributed by atoms with Crippen molar-refractivity contribution in [3.05, 3.63) is 0 Å². The number of hydrogen-bond acceptors (Lipinski definition) is 5. The summed E-state index contributed by atoms with van der Waals surface area (Å²) in [5, 5.41) is 8.27. The number of carbonyl (C=O) groups excluding carboxylic acids is 2. The molecule has 6 nitrogen and oxygen atoms in total. The van der Waals surface area contributed by atoms with Crippen LogP contribution in [0.3, 0.4) is 0 Å². The second-order valence-corrected chi connectivity index (χ2v) is 5.08. The molecule has 1 amide bonds. The van der Waals surface area contributed by atoms with E-state index in [2.05, 4.69) is 9.47 Å². The van der Waals surface area contributed by atoms with Crippen LogP contribution in [-0.2, 0) is 14.3 Å². The molecule has 3 N–H and O–H groups in total. The summed E-state index contributed by atoms with van der Waals surface area (Å²) in [5.74, 6) is 0.0928. The Morgan fingerprint density at radius 2 is 1.78 bits per heavy atom. The van der Waals surface area contributed by atoms with Crippen LogP contribution in [0.2, 0.25) is 0 Å². The quantitative estimate of drug-likeness (QED) is 0.748. The molecule has 0 aromatic carbocycles. The molecule has 0 atom stereocenters. The van der Waals surface area contributed by atoms with Gasteiger partial charge in [-0.2, -0.15) is 0 Å². The van der Waals surface area contributed by atoms with E-state index in [9.17, 15) is 9.59 Å². The number of carbonyl (C=O) groups is 2. The molecule has 108 valence electrons. The highest BCUT2D eigenvalue weighted by Crippen LogP contribution is 2.04. The van der Waals surface area contributed by atoms with Gasteiger partial charge >= 0.3 is 12.1 Å². The topological polar surface area (TPSA) is 98.9 Å². The Kier molecular flexibility index (Phi) is 10.3. The van der Waals surface area contributed by atoms with Crippen LogP contribution >= 0.6 is 0 Å². The van der Waals surface area contributed by atoms with Crippen molar-refractivity contribution in [2.24, 2.45) is 11.7 Å². The van der Waals surface area contributed by atoms with Gasteiger partial charge in [0.2, 0.25) is 0 Å². The number of esters is 1. The molecular weight excluding hydrogens is 238 g/mol. The lowest BCUT2D eigenvalue weighted by molar-refractivity contribution is -0.145. The maximum absolute atomic E-state index is 10.7. The minimum atomic E-state index is -0.725. The van der Waals surface area contributed by atoms with E-state index >= 15 is 0 Å². The van der Waals surface area contributed by atoms with Gasteiger partial charge in [0.15, 0.2) is 0 Å². The predicted molar refractivity (Wildman–Crippen MR) is 67.9 cm³/mol. The lowest BCUT2D eigenvalue weighted by Crippen LogP contribution is -2.27. The molecule has 0 aliphatic carbocycles. The minimum absolute atomic E-state index is 0.0934. The van der Waals surface area contributed by atoms with E-state index in [0.29, 0.717) is 12.3 Å². The third-order valence-electron chi connectivity index (χ3n) is 1.34. The van der Waals surface area contributed by atoms with Crippen molar-refractivity contribution in [2.75, 3.05) is 13.2 Å². The number of aliphatic hydroxyl groups excluding tert-OH is 1. The van der Waals surface area contributed by atoms with Crippen molar-refractivity contribution in [3.63, 3.8) is 0 Å². The van der Waals surface area contributed by atoms with Crippen molar-refractivity contribution in [1.29, 1.82) is 0 Å². The van der Waals surface area contributed by atoms with E-state index in [-0.39, 0.29) is 19.2 Å². The summed E-state index contributed by atoms with van der Waals surface area (Å²) >= 11 is 0. The lowest BCUT2D eigenvalue weighted by atomic mass is 10.1. The zero-order chi connectivity index (χ0) is 14.8. The molecule has 0 unspecified atom stereocenters. The van der Waals surface area contributed by atoms with Gasteiger partial charge in [0.05, 0.1) is 6.61 Å². The number of amides is 1. The average molecular weight is 263 g/mol. The van der Waals surface area contributed by atoms with Gasteiger partial charge in [-0.1, -0.05) is 13.8 Å². The van der Waals surface area contributed by atoms with Crippen LogP contribution in [0.25, 0.3) is 0 Å². The zero-order valence-corrected chi connectivity index (χ0v) is 11.9. The van der Waals surface area contributed by atoms with Crippen LogP contribution in [0.15, 0.2) is 0 Å². The summed E-state index contributed by atoms with van der Waals surface area (Å²) in [4.78, 5) is 20.7. The lowest BCUT2D eigenvalue weighted by Gasteiger charge is -2.16. The molecule has 0 saturated carbocycles. The van der Waals surface area contributed by atoms with Crippen molar-refractivity contribution >= 4 is 12.1 Å². The fourth-order valence-corrected chi connectivity index (χ4v) is 0.854. The smallest absolute Gasteiger partial charge is 0.405 e. The summed E-state index contributed by atoms with van der Waals surface area (Å²) in [7, 11) is 0. The second kappa shape index (κ2) is 9.70. The SMILES string of the molecule is CC(C)(C)OC(N)=O.CC(C)CC(=O)OCCO. The van der Waals surface area contributed by atoms with Gasteiger partial charge in [-0.05, 0) is 26.7 Å². The van der Waals surface area contributed by atoms with Crippen LogP contribution in [-0.4, -0.2) is 36.0 Å². The number of hydrogen-bond donors (Lipinski definition) is 2. The standard InChI is InChI=1S/C7H14O3.C5H11NO2/c1-6(2)5-7(9)10-4-3-8;1-5(2,3)8-4(6)7/h6,8H,3-5H2,1-2H3;1-3H3,(H2,6,7). The first-order valence-electron chi connectivity index (χ1n) is 5.83. The number of ether oxygens (including phenoxy) is 2. The molecule has 0 aromatic rings. The molecule has 18 heavy (non-hydrogen) atoms. The molecule has 0 fully saturated rings. The monoisotopic (exact) mass is 263 g/mol. The fraction of sp³-hybridized carbons (Fsp3) is 0.833. The van der Waals surface area contributed by atoms with Gasteiger partial charge < -0.3 is 20.3 Å². The Balaban J connectivity index is 0. The van der Waals surface area contributed by atoms with Crippen LogP contribution in [0.4, 0.5) is 4.79 Å². The van der Waals surface area contributed by atoms with Crippen LogP contribution < -0.4 is 5.73 Å². The van der Waals surface area contributed by atoms with E-state index < -0.39 is 11.7 Å². The van der Waals surface area contributed by atoms with Crippen molar-refractivity contribution in [2.45, 2.75) is 46.6 Å². The maximum Gasteiger partial charge on any atom is 0.405 e. The van der Waals surface area contributed by atoms with Gasteiger partial charge in [0.1, 0.15) is 12.2 Å². The average Bonchev–Trinajstić information content (AvgIpc) is 2.10. The summed E-state index contributed by atoms with van der Waals surface area (Å²) < 4.78 is 9.19. The summed E-state index contributed by atoms with van der Waals surface area (Å²) in [6, 6.07) is 0. The number of primary amides is 1. The van der Waals surface area contributed by atoms with E-state index in [1.807, 2.05) is 13.8 Å². The zero-order valence-electron chi connectivity index (χ0n) is 11.9. The largest absolute Gasteiger partial charge is 0.463 e. The molecule has 0 aromatic heterocycles. The Morgan fingerprint density at radius 3 is 2.00 bits per heavy atom. The Labute approximate surface area is 108 Å². The fourth-order valence-electron chi connectivity index (χ4n) is 0.854. The summed E-state index contributed by atoms with van der Waals surface area (Å²) in [6.07, 6.45) is -0.294. The molecule has 0 spiro atoms. The highest BCUT2D eigenvalue weighted by Gasteiger charge is 2.12. The summed E-state index contributed by atoms with van der Waals surface area (Å²) in [6.45, 7) is 9.20. The van der Waals surface area contributed by atoms with Gasteiger partial charge in [-0.15, -0.1) is 0 Å². The van der Waals surface area contributed by atoms with Gasteiger partial charge in [-0.3, -0.25) is 4.79 Å². The summed E-state index contributed by atoms with van der Waals surface area (Å²) in [5.41, 5.74) is 4.26. The van der Waals surface area contributed by atoms with E-state index in [1.165, 1.54) is 0 Å². The van der Waals surface area contributed by atoms with Crippen molar-refractivity contribution < 1.29 is 24.2 Å². The second-order valence-electron chi connectivity index (χ2n) is 5.08. The molecule has 0 bridgehead atoms. The molecule has 0 rings (SSSR count). The van der Waals surface area contributed by atoms with Crippen LogP contribution in [0.5, 0.6) is 0 Å². The highest BCUT2D eigenvalue weighted by molar-refractivity contribution is 5.69. The van der Waals surface area contributed by atoms with E-state index in [4.69, 9.17) is 10.8 Å². The first-order valence-corrected chi connectivity index (χ1v) is 5.83. The number of rotatable bonds is 4. The van der Waals surface area contributed by atoms with Gasteiger partial charge in [0, 0.05) is 6.42 Å². The first kappa shape index (κ1) is 19.0. The third-order valence-corrected chi connectivity index (χ3v) is 1.34. The predicted octanol–water partition coefficient (Wildman–Crippen LogP) is 1.45. The highest BCUT2D eigenvalue weighted by atomic mass is 16.6. The first-order chi connectivity index (χ1) is 8.08. The molecule has 0 radical (unpaired) electrons. The van der Waals surface area contributed by atoms with Crippen LogP contribution in [0.1, 0.15) is 41.0 Å². The van der Waals surface area contributed by atoms with Crippen molar-refractivity contribution in [3.8, 4) is 0 Å². The molecule has 6 heteroatoms. The van der Waals surface area contributed by atoms with Crippen LogP contribution in [0, 0.1) is 5.92 Å². The van der Waals surface area contributed by atoms with E-state index in [1.54, 1.807) is 20.8 Å². The van der Waals surface area contributed by atoms with Gasteiger partial charge in [-0.25, -0.2) is 4.79 Å². The Morgan fingerprint density at radius 1 is 1.28 bits per heavy atom.